The maximum Gasteiger partial charge on any atom is 0.131 e. The van der Waals surface area contributed by atoms with E-state index in [1.807, 2.05) is 13.0 Å². The lowest BCUT2D eigenvalue weighted by atomic mass is 10.2. The van der Waals surface area contributed by atoms with E-state index < -0.39 is 0 Å². The Balaban J connectivity index is 2.44. The predicted molar refractivity (Wildman–Crippen MR) is 68.5 cm³/mol. The van der Waals surface area contributed by atoms with E-state index in [1.54, 1.807) is 6.92 Å². The van der Waals surface area contributed by atoms with Crippen LogP contribution >= 0.6 is 15.9 Å². The molecule has 1 heterocycles. The summed E-state index contributed by atoms with van der Waals surface area (Å²) in [5.74, 6) is 1.66. The summed E-state index contributed by atoms with van der Waals surface area (Å²) in [5, 5.41) is 12.3. The Hall–Kier alpha value is -0.680. The zero-order chi connectivity index (χ0) is 12.0. The minimum Gasteiger partial charge on any atom is -0.393 e. The molecule has 0 amide bonds. The third kappa shape index (κ3) is 4.90. The number of halogens is 1. The maximum atomic E-state index is 9.11. The van der Waals surface area contributed by atoms with Gasteiger partial charge in [-0.3, -0.25) is 0 Å². The first-order chi connectivity index (χ1) is 7.61. The number of hydrogen-bond acceptors (Lipinski definition) is 4. The van der Waals surface area contributed by atoms with Crippen molar-refractivity contribution < 1.29 is 5.11 Å². The van der Waals surface area contributed by atoms with Crippen LogP contribution in [0.5, 0.6) is 0 Å². The summed E-state index contributed by atoms with van der Waals surface area (Å²) in [7, 11) is 0. The van der Waals surface area contributed by atoms with Crippen LogP contribution in [0.2, 0.25) is 0 Å². The molecule has 0 spiro atoms. The van der Waals surface area contributed by atoms with Crippen molar-refractivity contribution in [2.24, 2.45) is 0 Å². The van der Waals surface area contributed by atoms with E-state index in [-0.39, 0.29) is 6.10 Å². The topological polar surface area (TPSA) is 58.0 Å². The molecule has 16 heavy (non-hydrogen) atoms. The van der Waals surface area contributed by atoms with Crippen LogP contribution in [0.3, 0.4) is 0 Å². The van der Waals surface area contributed by atoms with Crippen LogP contribution < -0.4 is 5.32 Å². The molecule has 4 nitrogen and oxygen atoms in total. The van der Waals surface area contributed by atoms with Gasteiger partial charge in [-0.05, 0) is 35.7 Å². The highest BCUT2D eigenvalue weighted by Gasteiger charge is 2.01. The van der Waals surface area contributed by atoms with Gasteiger partial charge in [-0.1, -0.05) is 6.92 Å². The SMILES string of the molecule is CCc1nc(Br)cc(NCCCC(C)O)n1. The Kier molecular flexibility index (Phi) is 5.69. The monoisotopic (exact) mass is 287 g/mol. The first-order valence-electron chi connectivity index (χ1n) is 5.57. The molecule has 1 aromatic rings. The molecule has 1 atom stereocenters. The Morgan fingerprint density at radius 2 is 2.25 bits per heavy atom. The summed E-state index contributed by atoms with van der Waals surface area (Å²) in [6.45, 7) is 4.65. The van der Waals surface area contributed by atoms with Crippen molar-refractivity contribution in [3.63, 3.8) is 0 Å². The lowest BCUT2D eigenvalue weighted by Gasteiger charge is -2.08. The van der Waals surface area contributed by atoms with E-state index in [4.69, 9.17) is 5.11 Å². The van der Waals surface area contributed by atoms with Gasteiger partial charge in [-0.25, -0.2) is 9.97 Å². The fourth-order valence-corrected chi connectivity index (χ4v) is 1.75. The minimum atomic E-state index is -0.231. The van der Waals surface area contributed by atoms with Gasteiger partial charge in [0.15, 0.2) is 0 Å². The molecule has 0 aromatic carbocycles. The summed E-state index contributed by atoms with van der Waals surface area (Å²) in [5.41, 5.74) is 0. The van der Waals surface area contributed by atoms with Crippen molar-refractivity contribution in [3.05, 3.63) is 16.5 Å². The number of nitrogens with zero attached hydrogens (tertiary/aromatic N) is 2. The van der Waals surface area contributed by atoms with Crippen molar-refractivity contribution >= 4 is 21.7 Å². The molecule has 2 N–H and O–H groups in total. The summed E-state index contributed by atoms with van der Waals surface area (Å²) in [4.78, 5) is 8.59. The number of hydrogen-bond donors (Lipinski definition) is 2. The van der Waals surface area contributed by atoms with Gasteiger partial charge in [0.2, 0.25) is 0 Å². The molecule has 1 unspecified atom stereocenters. The van der Waals surface area contributed by atoms with E-state index in [0.717, 1.165) is 42.1 Å². The molecule has 1 aromatic heterocycles. The van der Waals surface area contributed by atoms with E-state index in [0.29, 0.717) is 0 Å². The summed E-state index contributed by atoms with van der Waals surface area (Å²) < 4.78 is 0.803. The Morgan fingerprint density at radius 3 is 2.88 bits per heavy atom. The van der Waals surface area contributed by atoms with Gasteiger partial charge >= 0.3 is 0 Å². The molecule has 0 aliphatic rings. The van der Waals surface area contributed by atoms with Crippen LogP contribution in [0.25, 0.3) is 0 Å². The maximum absolute atomic E-state index is 9.11. The second-order valence-electron chi connectivity index (χ2n) is 3.76. The number of anilines is 1. The lowest BCUT2D eigenvalue weighted by molar-refractivity contribution is 0.183. The second-order valence-corrected chi connectivity index (χ2v) is 4.58. The van der Waals surface area contributed by atoms with Gasteiger partial charge in [-0.15, -0.1) is 0 Å². The van der Waals surface area contributed by atoms with Gasteiger partial charge in [0.05, 0.1) is 6.10 Å². The molecular formula is C11H18BrN3O. The molecule has 0 fully saturated rings. The zero-order valence-corrected chi connectivity index (χ0v) is 11.3. The average molecular weight is 288 g/mol. The van der Waals surface area contributed by atoms with Crippen molar-refractivity contribution in [2.75, 3.05) is 11.9 Å². The van der Waals surface area contributed by atoms with Gasteiger partial charge in [0.1, 0.15) is 16.2 Å². The van der Waals surface area contributed by atoms with Crippen LogP contribution in [0.1, 0.15) is 32.5 Å². The Labute approximate surface area is 105 Å². The molecule has 0 aliphatic carbocycles. The van der Waals surface area contributed by atoms with E-state index in [2.05, 4.69) is 31.2 Å². The fraction of sp³-hybridized carbons (Fsp3) is 0.636. The average Bonchev–Trinajstić information content (AvgIpc) is 2.23. The predicted octanol–water partition coefficient (Wildman–Crippen LogP) is 2.37. The van der Waals surface area contributed by atoms with Gasteiger partial charge in [0.25, 0.3) is 0 Å². The number of aliphatic hydroxyl groups excluding tert-OH is 1. The van der Waals surface area contributed by atoms with Crippen LogP contribution in [-0.2, 0) is 6.42 Å². The number of rotatable bonds is 6. The molecular weight excluding hydrogens is 270 g/mol. The third-order valence-electron chi connectivity index (χ3n) is 2.16. The summed E-state index contributed by atoms with van der Waals surface area (Å²) in [6.07, 6.45) is 2.33. The van der Waals surface area contributed by atoms with Crippen molar-refractivity contribution in [3.8, 4) is 0 Å². The highest BCUT2D eigenvalue weighted by Crippen LogP contribution is 2.12. The highest BCUT2D eigenvalue weighted by atomic mass is 79.9. The quantitative estimate of drug-likeness (QED) is 0.623. The molecule has 90 valence electrons. The van der Waals surface area contributed by atoms with Crippen LogP contribution in [-0.4, -0.2) is 27.7 Å². The highest BCUT2D eigenvalue weighted by molar-refractivity contribution is 9.10. The molecule has 5 heteroatoms. The standard InChI is InChI=1S/C11H18BrN3O/c1-3-10-14-9(12)7-11(15-10)13-6-4-5-8(2)16/h7-8,16H,3-6H2,1-2H3,(H,13,14,15). The van der Waals surface area contributed by atoms with E-state index in [1.165, 1.54) is 0 Å². The minimum absolute atomic E-state index is 0.231. The molecule has 0 bridgehead atoms. The smallest absolute Gasteiger partial charge is 0.131 e. The molecule has 0 saturated carbocycles. The molecule has 0 saturated heterocycles. The first kappa shape index (κ1) is 13.4. The fourth-order valence-electron chi connectivity index (χ4n) is 1.33. The first-order valence-corrected chi connectivity index (χ1v) is 6.36. The van der Waals surface area contributed by atoms with Crippen molar-refractivity contribution in [1.29, 1.82) is 0 Å². The van der Waals surface area contributed by atoms with E-state index >= 15 is 0 Å². The zero-order valence-electron chi connectivity index (χ0n) is 9.70. The molecule has 1 rings (SSSR count). The molecule has 0 radical (unpaired) electrons. The molecule has 0 aliphatic heterocycles. The van der Waals surface area contributed by atoms with Crippen LogP contribution in [0.15, 0.2) is 10.7 Å². The Bertz CT molecular complexity index is 331. The van der Waals surface area contributed by atoms with Gasteiger partial charge in [0, 0.05) is 19.0 Å². The van der Waals surface area contributed by atoms with Crippen LogP contribution in [0.4, 0.5) is 5.82 Å². The normalized spacial score (nSPS) is 12.5. The van der Waals surface area contributed by atoms with Crippen molar-refractivity contribution in [1.82, 2.24) is 9.97 Å². The summed E-state index contributed by atoms with van der Waals surface area (Å²) in [6, 6.07) is 1.86. The van der Waals surface area contributed by atoms with Gasteiger partial charge in [-0.2, -0.15) is 0 Å². The van der Waals surface area contributed by atoms with Crippen LogP contribution in [0, 0.1) is 0 Å². The largest absolute Gasteiger partial charge is 0.393 e. The number of nitrogens with one attached hydrogen (secondary N) is 1. The summed E-state index contributed by atoms with van der Waals surface area (Å²) >= 11 is 3.35. The second kappa shape index (κ2) is 6.81. The lowest BCUT2D eigenvalue weighted by Crippen LogP contribution is -2.08. The van der Waals surface area contributed by atoms with Gasteiger partial charge < -0.3 is 10.4 Å². The number of aliphatic hydroxyl groups is 1. The number of aromatic nitrogens is 2. The van der Waals surface area contributed by atoms with E-state index in [9.17, 15) is 0 Å². The van der Waals surface area contributed by atoms with Crippen molar-refractivity contribution in [2.45, 2.75) is 39.2 Å². The third-order valence-corrected chi connectivity index (χ3v) is 2.57. The number of aryl methyl sites for hydroxylation is 1. The Morgan fingerprint density at radius 1 is 1.50 bits per heavy atom.